The molecule has 21 heavy (non-hydrogen) atoms. The van der Waals surface area contributed by atoms with Crippen molar-refractivity contribution in [2.24, 2.45) is 0 Å². The van der Waals surface area contributed by atoms with Crippen molar-refractivity contribution in [3.05, 3.63) is 35.9 Å². The highest BCUT2D eigenvalue weighted by molar-refractivity contribution is 5.15. The predicted octanol–water partition coefficient (Wildman–Crippen LogP) is 3.86. The summed E-state index contributed by atoms with van der Waals surface area (Å²) >= 11 is 0. The second kappa shape index (κ2) is 9.22. The lowest BCUT2D eigenvalue weighted by molar-refractivity contribution is 0.158. The highest BCUT2D eigenvalue weighted by atomic mass is 15.2. The third-order valence-corrected chi connectivity index (χ3v) is 4.81. The van der Waals surface area contributed by atoms with Crippen LogP contribution < -0.4 is 5.32 Å². The van der Waals surface area contributed by atoms with E-state index in [1.807, 2.05) is 0 Å². The maximum absolute atomic E-state index is 3.75. The van der Waals surface area contributed by atoms with E-state index in [9.17, 15) is 0 Å². The van der Waals surface area contributed by atoms with Crippen molar-refractivity contribution < 1.29 is 0 Å². The van der Waals surface area contributed by atoms with Crippen LogP contribution in [0.5, 0.6) is 0 Å². The normalized spacial score (nSPS) is 21.3. The van der Waals surface area contributed by atoms with Crippen LogP contribution in [0.3, 0.4) is 0 Å². The molecule has 0 aliphatic carbocycles. The summed E-state index contributed by atoms with van der Waals surface area (Å²) in [4.78, 5) is 2.67. The van der Waals surface area contributed by atoms with E-state index >= 15 is 0 Å². The molecule has 0 radical (unpaired) electrons. The maximum Gasteiger partial charge on any atom is 0.0105 e. The lowest BCUT2D eigenvalue weighted by Crippen LogP contribution is -2.39. The van der Waals surface area contributed by atoms with Crippen molar-refractivity contribution in [3.8, 4) is 0 Å². The van der Waals surface area contributed by atoms with E-state index in [1.165, 1.54) is 50.8 Å². The van der Waals surface area contributed by atoms with Gasteiger partial charge in [0.05, 0.1) is 0 Å². The van der Waals surface area contributed by atoms with Crippen LogP contribution in [0.25, 0.3) is 0 Å². The van der Waals surface area contributed by atoms with Gasteiger partial charge in [0.25, 0.3) is 0 Å². The van der Waals surface area contributed by atoms with Crippen LogP contribution in [0.4, 0.5) is 0 Å². The highest BCUT2D eigenvalue weighted by Crippen LogP contribution is 2.16. The first-order valence-electron chi connectivity index (χ1n) is 8.81. The van der Waals surface area contributed by atoms with Gasteiger partial charge in [-0.15, -0.1) is 0 Å². The van der Waals surface area contributed by atoms with Crippen LogP contribution in [0, 0.1) is 0 Å². The molecule has 1 N–H and O–H groups in total. The lowest BCUT2D eigenvalue weighted by Gasteiger charge is -2.33. The fourth-order valence-electron chi connectivity index (χ4n) is 3.34. The van der Waals surface area contributed by atoms with Gasteiger partial charge in [0.2, 0.25) is 0 Å². The Morgan fingerprint density at radius 3 is 2.76 bits per heavy atom. The number of hydrogen-bond acceptors (Lipinski definition) is 2. The molecule has 2 unspecified atom stereocenters. The van der Waals surface area contributed by atoms with Gasteiger partial charge in [0.1, 0.15) is 0 Å². The highest BCUT2D eigenvalue weighted by Gasteiger charge is 2.17. The van der Waals surface area contributed by atoms with Gasteiger partial charge in [-0.2, -0.15) is 0 Å². The molecule has 1 aliphatic rings. The first-order chi connectivity index (χ1) is 10.3. The first-order valence-corrected chi connectivity index (χ1v) is 8.81. The smallest absolute Gasteiger partial charge is 0.0105 e. The average molecular weight is 288 g/mol. The van der Waals surface area contributed by atoms with E-state index in [0.29, 0.717) is 6.04 Å². The van der Waals surface area contributed by atoms with Crippen LogP contribution in [0.2, 0.25) is 0 Å². The molecule has 1 aromatic rings. The molecule has 2 nitrogen and oxygen atoms in total. The summed E-state index contributed by atoms with van der Waals surface area (Å²) in [6, 6.07) is 12.3. The molecule has 2 rings (SSSR count). The minimum Gasteiger partial charge on any atom is -0.314 e. The van der Waals surface area contributed by atoms with Gasteiger partial charge in [-0.3, -0.25) is 0 Å². The number of nitrogens with one attached hydrogen (secondary N) is 1. The quantitative estimate of drug-likeness (QED) is 0.731. The minimum atomic E-state index is 0.617. The Hall–Kier alpha value is -0.860. The van der Waals surface area contributed by atoms with Crippen molar-refractivity contribution >= 4 is 0 Å². The second-order valence-electron chi connectivity index (χ2n) is 6.48. The Balaban J connectivity index is 1.64. The zero-order valence-electron chi connectivity index (χ0n) is 13.9. The lowest BCUT2D eigenvalue weighted by atomic mass is 10.0. The molecule has 0 bridgehead atoms. The van der Waals surface area contributed by atoms with Gasteiger partial charge in [-0.25, -0.2) is 0 Å². The topological polar surface area (TPSA) is 15.3 Å². The molecule has 1 heterocycles. The summed E-state index contributed by atoms with van der Waals surface area (Å²) in [6.45, 7) is 8.39. The van der Waals surface area contributed by atoms with Crippen LogP contribution in [-0.2, 0) is 6.42 Å². The summed E-state index contributed by atoms with van der Waals surface area (Å²) in [7, 11) is 0. The van der Waals surface area contributed by atoms with E-state index in [0.717, 1.165) is 19.0 Å². The van der Waals surface area contributed by atoms with E-state index in [2.05, 4.69) is 54.4 Å². The Bertz CT molecular complexity index is 376. The molecular formula is C19H32N2. The number of hydrogen-bond donors (Lipinski definition) is 1. The van der Waals surface area contributed by atoms with Gasteiger partial charge >= 0.3 is 0 Å². The molecule has 118 valence electrons. The predicted molar refractivity (Wildman–Crippen MR) is 91.7 cm³/mol. The molecule has 0 spiro atoms. The largest absolute Gasteiger partial charge is 0.314 e. The van der Waals surface area contributed by atoms with Crippen LogP contribution >= 0.6 is 0 Å². The second-order valence-corrected chi connectivity index (χ2v) is 6.48. The summed E-state index contributed by atoms with van der Waals surface area (Å²) in [5, 5.41) is 3.75. The first kappa shape index (κ1) is 16.5. The van der Waals surface area contributed by atoms with E-state index in [1.54, 1.807) is 0 Å². The number of rotatable bonds is 8. The number of likely N-dealkylation sites (tertiary alicyclic amines) is 1. The van der Waals surface area contributed by atoms with Crippen molar-refractivity contribution in [1.82, 2.24) is 10.2 Å². The Labute approximate surface area is 130 Å². The van der Waals surface area contributed by atoms with Crippen molar-refractivity contribution in [2.75, 3.05) is 19.6 Å². The molecule has 2 heteroatoms. The molecule has 1 aromatic carbocycles. The SMILES string of the molecule is CCC(Cc1ccccc1)NCCCN1CCCCC1C. The van der Waals surface area contributed by atoms with E-state index in [4.69, 9.17) is 0 Å². The van der Waals surface area contributed by atoms with Crippen LogP contribution in [-0.4, -0.2) is 36.6 Å². The zero-order chi connectivity index (χ0) is 14.9. The number of benzene rings is 1. The monoisotopic (exact) mass is 288 g/mol. The summed E-state index contributed by atoms with van der Waals surface area (Å²) in [5.41, 5.74) is 1.45. The maximum atomic E-state index is 3.75. The fourth-order valence-corrected chi connectivity index (χ4v) is 3.34. The van der Waals surface area contributed by atoms with Gasteiger partial charge in [0.15, 0.2) is 0 Å². The van der Waals surface area contributed by atoms with Gasteiger partial charge in [-0.05, 0) is 64.2 Å². The summed E-state index contributed by atoms with van der Waals surface area (Å²) < 4.78 is 0. The fraction of sp³-hybridized carbons (Fsp3) is 0.684. The molecule has 1 saturated heterocycles. The molecule has 1 fully saturated rings. The van der Waals surface area contributed by atoms with Gasteiger partial charge in [-0.1, -0.05) is 43.7 Å². The van der Waals surface area contributed by atoms with Crippen molar-refractivity contribution in [2.45, 2.75) is 64.5 Å². The molecule has 0 amide bonds. The van der Waals surface area contributed by atoms with Gasteiger partial charge < -0.3 is 10.2 Å². The van der Waals surface area contributed by atoms with Crippen LogP contribution in [0.1, 0.15) is 51.5 Å². The number of piperidine rings is 1. The molecule has 1 aliphatic heterocycles. The van der Waals surface area contributed by atoms with Crippen LogP contribution in [0.15, 0.2) is 30.3 Å². The molecular weight excluding hydrogens is 256 g/mol. The third-order valence-electron chi connectivity index (χ3n) is 4.81. The minimum absolute atomic E-state index is 0.617. The Morgan fingerprint density at radius 2 is 2.05 bits per heavy atom. The Morgan fingerprint density at radius 1 is 1.24 bits per heavy atom. The number of nitrogens with zero attached hydrogens (tertiary/aromatic N) is 1. The molecule has 0 aromatic heterocycles. The molecule has 0 saturated carbocycles. The standard InChI is InChI=1S/C19H32N2/c1-3-19(16-18-11-5-4-6-12-18)20-13-9-15-21-14-8-7-10-17(21)2/h4-6,11-12,17,19-20H,3,7-10,13-16H2,1-2H3. The summed E-state index contributed by atoms with van der Waals surface area (Å²) in [6.07, 6.45) is 7.83. The summed E-state index contributed by atoms with van der Waals surface area (Å²) in [5.74, 6) is 0. The third kappa shape index (κ3) is 5.80. The van der Waals surface area contributed by atoms with Gasteiger partial charge in [0, 0.05) is 12.1 Å². The zero-order valence-corrected chi connectivity index (χ0v) is 13.9. The van der Waals surface area contributed by atoms with Crippen molar-refractivity contribution in [3.63, 3.8) is 0 Å². The Kier molecular flexibility index (Phi) is 7.25. The van der Waals surface area contributed by atoms with E-state index in [-0.39, 0.29) is 0 Å². The average Bonchev–Trinajstić information content (AvgIpc) is 2.53. The van der Waals surface area contributed by atoms with E-state index < -0.39 is 0 Å². The van der Waals surface area contributed by atoms with Crippen molar-refractivity contribution in [1.29, 1.82) is 0 Å². The molecule has 2 atom stereocenters.